The molecule has 0 spiro atoms. The minimum Gasteiger partial charge on any atom is -0.309 e. The van der Waals surface area contributed by atoms with Crippen LogP contribution in [0.3, 0.4) is 0 Å². The maximum atomic E-state index is 13.5. The third-order valence-corrected chi connectivity index (χ3v) is 22.2. The molecule has 0 unspecified atom stereocenters. The zero-order chi connectivity index (χ0) is 74.2. The smallest absolute Gasteiger partial charge is 0.309 e. The highest BCUT2D eigenvalue weighted by molar-refractivity contribution is 6.23. The van der Waals surface area contributed by atoms with Gasteiger partial charge in [0.05, 0.1) is 27.6 Å². The summed E-state index contributed by atoms with van der Waals surface area (Å²) in [6.45, 7) is 6.82. The Kier molecular flexibility index (Phi) is 16.6. The molecule has 0 atom stereocenters. The highest BCUT2D eigenvalue weighted by Gasteiger charge is 2.31. The minimum atomic E-state index is -4.39. The lowest BCUT2D eigenvalue weighted by atomic mass is 9.83. The van der Waals surface area contributed by atoms with Crippen molar-refractivity contribution >= 4 is 86.7 Å². The van der Waals surface area contributed by atoms with Crippen LogP contribution in [-0.2, 0) is 11.6 Å². The van der Waals surface area contributed by atoms with E-state index in [2.05, 4.69) is 364 Å². The van der Waals surface area contributed by atoms with Gasteiger partial charge in [0.2, 0.25) is 0 Å². The molecule has 0 amide bonds. The summed E-state index contributed by atoms with van der Waals surface area (Å²) in [6, 6.07) is 137. The van der Waals surface area contributed by atoms with Crippen molar-refractivity contribution < 1.29 is 13.2 Å². The third kappa shape index (κ3) is 12.0. The fourth-order valence-corrected chi connectivity index (χ4v) is 16.9. The molecule has 0 radical (unpaired) electrons. The van der Waals surface area contributed by atoms with E-state index in [-0.39, 0.29) is 5.41 Å². The predicted molar refractivity (Wildman–Crippen MR) is 459 cm³/mol. The summed E-state index contributed by atoms with van der Waals surface area (Å²) in [4.78, 5) is 0. The molecule has 2 nitrogen and oxygen atoms in total. The molecule has 20 rings (SSSR count). The fourth-order valence-electron chi connectivity index (χ4n) is 16.9. The van der Waals surface area contributed by atoms with Gasteiger partial charge in [0.25, 0.3) is 0 Å². The number of para-hydroxylation sites is 2. The van der Waals surface area contributed by atoms with Crippen LogP contribution in [0.4, 0.5) is 13.2 Å². The summed E-state index contributed by atoms with van der Waals surface area (Å²) in [5.41, 5.74) is 26.2. The van der Waals surface area contributed by atoms with Crippen LogP contribution in [0.2, 0.25) is 0 Å². The minimum absolute atomic E-state index is 0.108. The zero-order valence-corrected chi connectivity index (χ0v) is 61.0. The van der Waals surface area contributed by atoms with Gasteiger partial charge in [0, 0.05) is 32.9 Å². The van der Waals surface area contributed by atoms with Crippen LogP contribution in [0.15, 0.2) is 388 Å². The van der Waals surface area contributed by atoms with Crippen molar-refractivity contribution in [1.29, 1.82) is 0 Å². The van der Waals surface area contributed by atoms with Crippen LogP contribution in [0, 0.1) is 0 Å². The molecule has 0 saturated heterocycles. The molecular weight excluding hydrogens is 1350 g/mol. The standard InChI is InChI=1S/C54H41N.C51H32F3N/c1-54(2,3)42-30-25-39(26-31-42)52-45-16-7-9-18-47(45)53(48-19-10-8-17-46(48)52)40-27-32-43(33-28-40)55-50-20-12-11-15-44(50)49-35-41(29-34-51(49)55)38-23-21-37(22-24-38)36-13-5-4-6-14-36;52-51(53,54)39-27-22-36(23-28-39)49-42-13-4-6-15-44(42)50(45-16-7-5-14-43(45)49)37-24-29-40(30-25-37)55-47-17-9-8-12-41(47)46-32-38(26-31-48(46)55)35-20-18-34(19-21-35)33-10-2-1-3-11-33/h4-35H,1-3H3;1-32H. The Morgan fingerprint density at radius 1 is 0.182 bits per heavy atom. The second kappa shape index (κ2) is 27.3. The number of rotatable bonds is 10. The van der Waals surface area contributed by atoms with Crippen molar-refractivity contribution in [1.82, 2.24) is 9.13 Å². The van der Waals surface area contributed by atoms with Gasteiger partial charge >= 0.3 is 6.18 Å². The van der Waals surface area contributed by atoms with E-state index < -0.39 is 11.7 Å². The lowest BCUT2D eigenvalue weighted by molar-refractivity contribution is -0.137. The number of benzene rings is 18. The predicted octanol–water partition coefficient (Wildman–Crippen LogP) is 29.8. The van der Waals surface area contributed by atoms with Gasteiger partial charge in [0.1, 0.15) is 0 Å². The molecule has 18 aromatic carbocycles. The number of hydrogen-bond donors (Lipinski definition) is 0. The van der Waals surface area contributed by atoms with Crippen molar-refractivity contribution in [2.45, 2.75) is 32.4 Å². The van der Waals surface area contributed by atoms with Crippen molar-refractivity contribution in [3.05, 3.63) is 399 Å². The molecule has 0 N–H and O–H groups in total. The first-order chi connectivity index (χ1) is 53.8. The van der Waals surface area contributed by atoms with E-state index in [1.54, 1.807) is 12.1 Å². The fraction of sp³-hybridized carbons (Fsp3) is 0.0476. The average Bonchev–Trinajstić information content (AvgIpc) is 1.71. The number of halogens is 3. The van der Waals surface area contributed by atoms with Crippen molar-refractivity contribution in [2.24, 2.45) is 0 Å². The zero-order valence-electron chi connectivity index (χ0n) is 61.0. The van der Waals surface area contributed by atoms with Gasteiger partial charge in [-0.05, 0) is 216 Å². The SMILES string of the molecule is CC(C)(C)c1ccc(-c2c3ccccc3c(-c3ccc(-n4c5ccccc5c5cc(-c6ccc(-c7ccccc7)cc6)ccc54)cc3)c3ccccc23)cc1.FC(F)(F)c1ccc(-c2c3ccccc3c(-c3ccc(-n4c5ccccc5c5cc(-c6ccc(-c7ccccc7)cc6)ccc54)cc3)c3ccccc23)cc1. The first kappa shape index (κ1) is 67.0. The molecule has 0 aliphatic heterocycles. The number of aromatic nitrogens is 2. The monoisotopic (exact) mass is 1420 g/mol. The van der Waals surface area contributed by atoms with Gasteiger partial charge in [-0.2, -0.15) is 13.2 Å². The van der Waals surface area contributed by atoms with Gasteiger partial charge in [-0.1, -0.05) is 336 Å². The topological polar surface area (TPSA) is 9.86 Å². The van der Waals surface area contributed by atoms with Crippen LogP contribution in [0.5, 0.6) is 0 Å². The summed E-state index contributed by atoms with van der Waals surface area (Å²) < 4.78 is 45.2. The Labute approximate surface area is 637 Å². The van der Waals surface area contributed by atoms with Crippen molar-refractivity contribution in [3.63, 3.8) is 0 Å². The van der Waals surface area contributed by atoms with Crippen molar-refractivity contribution in [2.75, 3.05) is 0 Å². The molecule has 2 aromatic heterocycles. The van der Waals surface area contributed by atoms with Crippen LogP contribution in [0.1, 0.15) is 31.9 Å². The molecular formula is C105H73F3N2. The molecule has 0 aliphatic rings. The number of alkyl halides is 3. The summed E-state index contributed by atoms with van der Waals surface area (Å²) >= 11 is 0. The number of nitrogens with zero attached hydrogens (tertiary/aromatic N) is 2. The molecule has 524 valence electrons. The van der Waals surface area contributed by atoms with E-state index in [1.165, 1.54) is 139 Å². The van der Waals surface area contributed by atoms with Gasteiger partial charge in [-0.15, -0.1) is 0 Å². The Bertz CT molecular complexity index is 6350. The first-order valence-corrected chi connectivity index (χ1v) is 37.6. The van der Waals surface area contributed by atoms with E-state index in [4.69, 9.17) is 0 Å². The van der Waals surface area contributed by atoms with Gasteiger partial charge < -0.3 is 9.13 Å². The van der Waals surface area contributed by atoms with Gasteiger partial charge in [-0.3, -0.25) is 0 Å². The Morgan fingerprint density at radius 3 is 0.691 bits per heavy atom. The van der Waals surface area contributed by atoms with Crippen LogP contribution in [0.25, 0.3) is 187 Å². The van der Waals surface area contributed by atoms with Crippen LogP contribution < -0.4 is 0 Å². The maximum Gasteiger partial charge on any atom is 0.416 e. The summed E-state index contributed by atoms with van der Waals surface area (Å²) in [6.07, 6.45) is -4.39. The summed E-state index contributed by atoms with van der Waals surface area (Å²) in [5, 5.41) is 14.1. The van der Waals surface area contributed by atoms with E-state index in [0.29, 0.717) is 0 Å². The largest absolute Gasteiger partial charge is 0.416 e. The second-order valence-electron chi connectivity index (χ2n) is 29.7. The third-order valence-electron chi connectivity index (χ3n) is 22.2. The van der Waals surface area contributed by atoms with Crippen molar-refractivity contribution in [3.8, 4) is 100 Å². The lowest BCUT2D eigenvalue weighted by Gasteiger charge is -2.21. The first-order valence-electron chi connectivity index (χ1n) is 37.6. The van der Waals surface area contributed by atoms with E-state index in [9.17, 15) is 13.2 Å². The van der Waals surface area contributed by atoms with Gasteiger partial charge in [0.15, 0.2) is 0 Å². The second-order valence-corrected chi connectivity index (χ2v) is 29.7. The van der Waals surface area contributed by atoms with Gasteiger partial charge in [-0.25, -0.2) is 0 Å². The van der Waals surface area contributed by atoms with E-state index in [1.807, 2.05) is 30.3 Å². The molecule has 20 aromatic rings. The molecule has 0 saturated carbocycles. The Balaban J connectivity index is 0.000000149. The molecule has 110 heavy (non-hydrogen) atoms. The Morgan fingerprint density at radius 2 is 0.400 bits per heavy atom. The molecule has 0 aliphatic carbocycles. The highest BCUT2D eigenvalue weighted by Crippen LogP contribution is 2.48. The highest BCUT2D eigenvalue weighted by atomic mass is 19.4. The van der Waals surface area contributed by atoms with E-state index in [0.717, 1.165) is 66.2 Å². The summed E-state index contributed by atoms with van der Waals surface area (Å²) in [5.74, 6) is 0. The normalized spacial score (nSPS) is 11.9. The molecule has 2 heterocycles. The quantitative estimate of drug-likeness (QED) is 0.121. The molecule has 5 heteroatoms. The lowest BCUT2D eigenvalue weighted by Crippen LogP contribution is -2.10. The number of fused-ring (bicyclic) bond motifs is 10. The Hall–Kier alpha value is -13.6. The molecule has 0 fully saturated rings. The van der Waals surface area contributed by atoms with Crippen LogP contribution in [-0.4, -0.2) is 9.13 Å². The maximum absolute atomic E-state index is 13.5. The van der Waals surface area contributed by atoms with E-state index >= 15 is 0 Å². The average molecular weight is 1420 g/mol. The van der Waals surface area contributed by atoms with Crippen LogP contribution >= 0.6 is 0 Å². The number of hydrogen-bond acceptors (Lipinski definition) is 0. The summed E-state index contributed by atoms with van der Waals surface area (Å²) in [7, 11) is 0. The molecule has 0 bridgehead atoms.